The maximum Gasteiger partial charge on any atom is 0.335 e. The molecule has 43 heavy (non-hydrogen) atoms. The highest BCUT2D eigenvalue weighted by atomic mass is 32.2. The molecule has 9 nitrogen and oxygen atoms in total. The van der Waals surface area contributed by atoms with Crippen LogP contribution in [0.25, 0.3) is 11.3 Å². The molecule has 2 atom stereocenters. The lowest BCUT2D eigenvalue weighted by atomic mass is 10.0. The molecule has 0 spiro atoms. The summed E-state index contributed by atoms with van der Waals surface area (Å²) in [6.07, 6.45) is 1.74. The summed E-state index contributed by atoms with van der Waals surface area (Å²) in [6.45, 7) is 1.86. The third-order valence-electron chi connectivity index (χ3n) is 7.15. The summed E-state index contributed by atoms with van der Waals surface area (Å²) in [7, 11) is 0. The molecule has 5 aromatic rings. The number of hydrogen-bond acceptors (Lipinski definition) is 7. The molecule has 1 aliphatic rings. The third kappa shape index (κ3) is 5.72. The van der Waals surface area contributed by atoms with Gasteiger partial charge >= 0.3 is 5.97 Å². The lowest BCUT2D eigenvalue weighted by Crippen LogP contribution is -2.29. The van der Waals surface area contributed by atoms with Crippen LogP contribution >= 0.6 is 24.0 Å². The number of nitrogens with zero attached hydrogens (tertiary/aromatic N) is 3. The molecule has 0 bridgehead atoms. The minimum Gasteiger partial charge on any atom is -0.478 e. The van der Waals surface area contributed by atoms with Gasteiger partial charge in [0, 0.05) is 39.4 Å². The molecule has 3 aromatic carbocycles. The van der Waals surface area contributed by atoms with Gasteiger partial charge in [-0.1, -0.05) is 23.9 Å². The number of benzene rings is 3. The number of nitrogens with one attached hydrogen (secondary N) is 1. The number of nitro groups is 1. The van der Waals surface area contributed by atoms with Gasteiger partial charge in [-0.2, -0.15) is 0 Å². The number of carboxylic acids is 1. The van der Waals surface area contributed by atoms with Gasteiger partial charge in [0.15, 0.2) is 5.11 Å². The zero-order valence-corrected chi connectivity index (χ0v) is 24.3. The lowest BCUT2D eigenvalue weighted by molar-refractivity contribution is -0.384. The van der Waals surface area contributed by atoms with Crippen molar-refractivity contribution in [3.8, 4) is 11.3 Å². The van der Waals surface area contributed by atoms with Crippen molar-refractivity contribution in [1.82, 2.24) is 10.3 Å². The number of pyridine rings is 1. The normalized spacial score (nSPS) is 16.2. The predicted octanol–water partition coefficient (Wildman–Crippen LogP) is 7.58. The number of aromatic nitrogens is 1. The molecule has 1 saturated heterocycles. The van der Waals surface area contributed by atoms with Crippen LogP contribution in [0, 0.1) is 17.0 Å². The molecular formula is C32H24N4O5S2. The van der Waals surface area contributed by atoms with Crippen molar-refractivity contribution in [1.29, 1.82) is 0 Å². The Hall–Kier alpha value is -5.00. The maximum atomic E-state index is 11.4. The number of thiocarbonyl (C=S) groups is 1. The highest BCUT2D eigenvalue weighted by molar-refractivity contribution is 7.99. The van der Waals surface area contributed by atoms with Crippen LogP contribution in [0.15, 0.2) is 117 Å². The van der Waals surface area contributed by atoms with Crippen molar-refractivity contribution >= 4 is 46.4 Å². The fraction of sp³-hybridized carbons (Fsp3) is 0.0938. The summed E-state index contributed by atoms with van der Waals surface area (Å²) in [4.78, 5) is 30.4. The lowest BCUT2D eigenvalue weighted by Gasteiger charge is -2.26. The van der Waals surface area contributed by atoms with Crippen LogP contribution in [-0.2, 0) is 0 Å². The average molecular weight is 609 g/mol. The van der Waals surface area contributed by atoms with Crippen molar-refractivity contribution < 1.29 is 19.2 Å². The van der Waals surface area contributed by atoms with Gasteiger partial charge < -0.3 is 19.7 Å². The third-order valence-corrected chi connectivity index (χ3v) is 8.48. The first kappa shape index (κ1) is 28.1. The van der Waals surface area contributed by atoms with Crippen molar-refractivity contribution in [3.05, 3.63) is 136 Å². The van der Waals surface area contributed by atoms with Crippen LogP contribution in [0.2, 0.25) is 0 Å². The molecule has 2 N–H and O–H groups in total. The Labute approximate surface area is 256 Å². The van der Waals surface area contributed by atoms with Crippen LogP contribution in [0.3, 0.4) is 0 Å². The largest absolute Gasteiger partial charge is 0.478 e. The second-order valence-corrected chi connectivity index (χ2v) is 11.4. The Morgan fingerprint density at radius 3 is 2.37 bits per heavy atom. The second kappa shape index (κ2) is 11.7. The van der Waals surface area contributed by atoms with Gasteiger partial charge in [0.05, 0.1) is 22.2 Å². The van der Waals surface area contributed by atoms with Gasteiger partial charge in [0.2, 0.25) is 0 Å². The van der Waals surface area contributed by atoms with E-state index in [-0.39, 0.29) is 23.3 Å². The first-order valence-corrected chi connectivity index (χ1v) is 14.5. The number of aryl methyl sites for hydroxylation is 1. The quantitative estimate of drug-likeness (QED) is 0.104. The number of nitro benzene ring substituents is 1. The van der Waals surface area contributed by atoms with Gasteiger partial charge in [0.1, 0.15) is 17.6 Å². The minimum absolute atomic E-state index is 0.0526. The molecule has 0 radical (unpaired) electrons. The summed E-state index contributed by atoms with van der Waals surface area (Å²) in [5.74, 6) is 0.312. The van der Waals surface area contributed by atoms with Gasteiger partial charge in [-0.15, -0.1) is 0 Å². The average Bonchev–Trinajstić information content (AvgIpc) is 3.63. The number of anilines is 1. The molecule has 214 valence electrons. The molecular weight excluding hydrogens is 585 g/mol. The fourth-order valence-corrected chi connectivity index (χ4v) is 6.26. The van der Waals surface area contributed by atoms with E-state index in [2.05, 4.69) is 10.3 Å². The van der Waals surface area contributed by atoms with E-state index in [1.54, 1.807) is 36.5 Å². The highest BCUT2D eigenvalue weighted by Crippen LogP contribution is 2.43. The van der Waals surface area contributed by atoms with E-state index >= 15 is 0 Å². The van der Waals surface area contributed by atoms with Crippen LogP contribution < -0.4 is 10.2 Å². The summed E-state index contributed by atoms with van der Waals surface area (Å²) in [5.41, 5.74) is 3.53. The van der Waals surface area contributed by atoms with Crippen molar-refractivity contribution in [2.45, 2.75) is 28.8 Å². The van der Waals surface area contributed by atoms with Crippen LogP contribution in [0.4, 0.5) is 11.4 Å². The first-order valence-electron chi connectivity index (χ1n) is 13.3. The first-order chi connectivity index (χ1) is 20.8. The van der Waals surface area contributed by atoms with Gasteiger partial charge in [0.25, 0.3) is 5.69 Å². The molecule has 6 rings (SSSR count). The van der Waals surface area contributed by atoms with E-state index < -0.39 is 10.9 Å². The van der Waals surface area contributed by atoms with Crippen LogP contribution in [-0.4, -0.2) is 26.1 Å². The van der Waals surface area contributed by atoms with Crippen LogP contribution in [0.5, 0.6) is 0 Å². The smallest absolute Gasteiger partial charge is 0.335 e. The van der Waals surface area contributed by atoms with Crippen LogP contribution in [0.1, 0.15) is 39.5 Å². The number of furan rings is 1. The van der Waals surface area contributed by atoms with Crippen molar-refractivity contribution in [3.63, 3.8) is 0 Å². The molecule has 0 amide bonds. The molecule has 1 aliphatic heterocycles. The highest BCUT2D eigenvalue weighted by Gasteiger charge is 2.42. The van der Waals surface area contributed by atoms with Gasteiger partial charge in [-0.25, -0.2) is 4.79 Å². The van der Waals surface area contributed by atoms with Gasteiger partial charge in [-0.3, -0.25) is 15.1 Å². The summed E-state index contributed by atoms with van der Waals surface area (Å²) in [5, 5.41) is 24.3. The standard InChI is InChI=1S/C32H24N4O5S2/c1-19-18-20(31(37)38)5-14-25(19)27-15-16-28(41-27)30-29(26-4-2-3-17-33-26)34-32(42)35(30)21-6-10-23(11-7-21)43-24-12-8-22(9-13-24)36(39)40/h2-18,29-30H,1H3,(H,34,42)(H,37,38)/t29-,30+/m1/s1. The van der Waals surface area contributed by atoms with E-state index in [0.29, 0.717) is 16.6 Å². The Balaban J connectivity index is 1.32. The second-order valence-electron chi connectivity index (χ2n) is 9.88. The maximum absolute atomic E-state index is 11.4. The Bertz CT molecular complexity index is 1830. The summed E-state index contributed by atoms with van der Waals surface area (Å²) in [6, 6.07) is 28.2. The number of aromatic carboxylic acids is 1. The topological polar surface area (TPSA) is 122 Å². The molecule has 0 aliphatic carbocycles. The number of carbonyl (C=O) groups is 1. The number of carboxylic acid groups (broad SMARTS) is 1. The number of hydrogen-bond donors (Lipinski definition) is 2. The summed E-state index contributed by atoms with van der Waals surface area (Å²) < 4.78 is 6.45. The molecule has 1 fully saturated rings. The Morgan fingerprint density at radius 1 is 1.02 bits per heavy atom. The predicted molar refractivity (Wildman–Crippen MR) is 167 cm³/mol. The molecule has 11 heteroatoms. The minimum atomic E-state index is -0.980. The molecule has 2 aromatic heterocycles. The van der Waals surface area contributed by atoms with E-state index in [1.807, 2.05) is 66.4 Å². The molecule has 3 heterocycles. The van der Waals surface area contributed by atoms with E-state index in [1.165, 1.54) is 23.9 Å². The SMILES string of the molecule is Cc1cc(C(=O)O)ccc1-c1ccc([C@H]2[C@@H](c3ccccn3)NC(=S)N2c2ccc(Sc3ccc([N+](=O)[O-])cc3)cc2)o1. The van der Waals surface area contributed by atoms with Crippen molar-refractivity contribution in [2.75, 3.05) is 4.90 Å². The number of non-ortho nitro benzene ring substituents is 1. The van der Waals surface area contributed by atoms with E-state index in [0.717, 1.165) is 32.3 Å². The molecule has 0 saturated carbocycles. The van der Waals surface area contributed by atoms with E-state index in [9.17, 15) is 20.0 Å². The van der Waals surface area contributed by atoms with Crippen molar-refractivity contribution in [2.24, 2.45) is 0 Å². The Morgan fingerprint density at radius 2 is 1.74 bits per heavy atom. The fourth-order valence-electron chi connectivity index (χ4n) is 5.10. The summed E-state index contributed by atoms with van der Waals surface area (Å²) >= 11 is 7.34. The van der Waals surface area contributed by atoms with Gasteiger partial charge in [-0.05, 0) is 97.5 Å². The monoisotopic (exact) mass is 608 g/mol. The van der Waals surface area contributed by atoms with E-state index in [4.69, 9.17) is 16.6 Å². The zero-order chi connectivity index (χ0) is 30.1. The zero-order valence-electron chi connectivity index (χ0n) is 22.7. The number of rotatable bonds is 8. The Kier molecular flexibility index (Phi) is 7.66. The molecule has 0 unspecified atom stereocenters.